The number of ether oxygens (including phenoxy) is 1. The Morgan fingerprint density at radius 1 is 1.08 bits per heavy atom. The zero-order valence-corrected chi connectivity index (χ0v) is 14.1. The normalized spacial score (nSPS) is 10.1. The van der Waals surface area contributed by atoms with Gasteiger partial charge in [0.15, 0.2) is 0 Å². The Morgan fingerprint density at radius 3 is 2.33 bits per heavy atom. The zero-order valence-electron chi connectivity index (χ0n) is 14.1. The molecule has 0 spiro atoms. The molecule has 2 rings (SSSR count). The summed E-state index contributed by atoms with van der Waals surface area (Å²) in [6, 6.07) is 10.3. The van der Waals surface area contributed by atoms with Gasteiger partial charge in [0.2, 0.25) is 0 Å². The lowest BCUT2D eigenvalue weighted by molar-refractivity contribution is 0.0600. The molecule has 6 nitrogen and oxygen atoms in total. The minimum absolute atomic E-state index is 0.0218. The monoisotopic (exact) mass is 327 g/mol. The molecule has 0 aliphatic rings. The Bertz CT molecular complexity index is 710. The van der Waals surface area contributed by atoms with Crippen LogP contribution in [0.4, 0.5) is 11.5 Å². The van der Waals surface area contributed by atoms with Gasteiger partial charge in [-0.05, 0) is 50.2 Å². The highest BCUT2D eigenvalue weighted by Gasteiger charge is 2.13. The van der Waals surface area contributed by atoms with E-state index in [9.17, 15) is 9.59 Å². The summed E-state index contributed by atoms with van der Waals surface area (Å²) in [7, 11) is 1.34. The Morgan fingerprint density at radius 2 is 1.75 bits per heavy atom. The van der Waals surface area contributed by atoms with E-state index >= 15 is 0 Å². The molecular weight excluding hydrogens is 306 g/mol. The summed E-state index contributed by atoms with van der Waals surface area (Å²) in [6.45, 7) is 5.22. The number of amides is 1. The van der Waals surface area contributed by atoms with Crippen molar-refractivity contribution in [2.24, 2.45) is 0 Å². The number of methoxy groups -OCH3 is 1. The molecule has 2 aromatic rings. The molecule has 126 valence electrons. The second kappa shape index (κ2) is 8.10. The molecule has 1 aromatic carbocycles. The van der Waals surface area contributed by atoms with Gasteiger partial charge in [-0.25, -0.2) is 9.78 Å². The lowest BCUT2D eigenvalue weighted by atomic mass is 10.2. The summed E-state index contributed by atoms with van der Waals surface area (Å²) in [5.41, 5.74) is 1.83. The van der Waals surface area contributed by atoms with Crippen molar-refractivity contribution in [1.29, 1.82) is 0 Å². The molecule has 0 radical (unpaired) electrons. The number of rotatable bonds is 6. The van der Waals surface area contributed by atoms with E-state index in [0.717, 1.165) is 5.69 Å². The van der Waals surface area contributed by atoms with Crippen molar-refractivity contribution in [3.8, 4) is 0 Å². The highest BCUT2D eigenvalue weighted by Crippen LogP contribution is 2.17. The van der Waals surface area contributed by atoms with E-state index in [1.165, 1.54) is 7.11 Å². The minimum atomic E-state index is -0.383. The lowest BCUT2D eigenvalue weighted by Crippen LogP contribution is -2.30. The van der Waals surface area contributed by atoms with Crippen LogP contribution in [0.1, 0.15) is 34.6 Å². The number of carbonyl (C=O) groups excluding carboxylic acids is 2. The van der Waals surface area contributed by atoms with Gasteiger partial charge in [-0.2, -0.15) is 0 Å². The number of hydrogen-bond donors (Lipinski definition) is 1. The fraction of sp³-hybridized carbons (Fsp3) is 0.278. The van der Waals surface area contributed by atoms with Crippen LogP contribution in [0, 0.1) is 0 Å². The quantitative estimate of drug-likeness (QED) is 0.826. The maximum Gasteiger partial charge on any atom is 0.337 e. The van der Waals surface area contributed by atoms with E-state index in [4.69, 9.17) is 0 Å². The standard InChI is InChI=1S/C18H21N3O3/c1-4-21(5-2)17(22)14-10-11-19-16(12-14)20-15-8-6-13(7-9-15)18(23)24-3/h6-12H,4-5H2,1-3H3,(H,19,20). The van der Waals surface area contributed by atoms with Crippen LogP contribution in [0.2, 0.25) is 0 Å². The van der Waals surface area contributed by atoms with Crippen molar-refractivity contribution >= 4 is 23.4 Å². The molecule has 1 heterocycles. The van der Waals surface area contributed by atoms with Gasteiger partial charge >= 0.3 is 5.97 Å². The van der Waals surface area contributed by atoms with Gasteiger partial charge in [-0.3, -0.25) is 4.79 Å². The topological polar surface area (TPSA) is 71.5 Å². The van der Waals surface area contributed by atoms with Gasteiger partial charge in [-0.15, -0.1) is 0 Å². The molecule has 1 N–H and O–H groups in total. The molecule has 0 saturated heterocycles. The second-order valence-corrected chi connectivity index (χ2v) is 5.10. The van der Waals surface area contributed by atoms with Crippen molar-refractivity contribution in [3.05, 3.63) is 53.7 Å². The molecule has 6 heteroatoms. The van der Waals surface area contributed by atoms with Crippen LogP contribution in [-0.4, -0.2) is 42.0 Å². The molecule has 0 fully saturated rings. The van der Waals surface area contributed by atoms with E-state index in [1.807, 2.05) is 13.8 Å². The van der Waals surface area contributed by atoms with Crippen LogP contribution in [0.5, 0.6) is 0 Å². The van der Waals surface area contributed by atoms with E-state index in [-0.39, 0.29) is 11.9 Å². The van der Waals surface area contributed by atoms with Crippen molar-refractivity contribution in [2.75, 3.05) is 25.5 Å². The van der Waals surface area contributed by atoms with Crippen molar-refractivity contribution in [1.82, 2.24) is 9.88 Å². The number of carbonyl (C=O) groups is 2. The number of aromatic nitrogens is 1. The first-order valence-corrected chi connectivity index (χ1v) is 7.79. The number of nitrogens with zero attached hydrogens (tertiary/aromatic N) is 2. The van der Waals surface area contributed by atoms with Gasteiger partial charge in [0, 0.05) is 30.5 Å². The van der Waals surface area contributed by atoms with Crippen molar-refractivity contribution in [3.63, 3.8) is 0 Å². The predicted octanol–water partition coefficient (Wildman–Crippen LogP) is 3.09. The number of benzene rings is 1. The third kappa shape index (κ3) is 4.10. The summed E-state index contributed by atoms with van der Waals surface area (Å²) in [4.78, 5) is 29.8. The van der Waals surface area contributed by atoms with Crippen molar-refractivity contribution in [2.45, 2.75) is 13.8 Å². The smallest absolute Gasteiger partial charge is 0.337 e. The maximum atomic E-state index is 12.4. The summed E-state index contributed by atoms with van der Waals surface area (Å²) in [6.07, 6.45) is 1.60. The van der Waals surface area contributed by atoms with Crippen LogP contribution in [-0.2, 0) is 4.74 Å². The minimum Gasteiger partial charge on any atom is -0.465 e. The Balaban J connectivity index is 2.14. The summed E-state index contributed by atoms with van der Waals surface area (Å²) < 4.78 is 4.67. The molecule has 24 heavy (non-hydrogen) atoms. The molecule has 0 atom stereocenters. The highest BCUT2D eigenvalue weighted by atomic mass is 16.5. The number of anilines is 2. The highest BCUT2D eigenvalue weighted by molar-refractivity contribution is 5.95. The van der Waals surface area contributed by atoms with Crippen LogP contribution in [0.25, 0.3) is 0 Å². The number of hydrogen-bond acceptors (Lipinski definition) is 5. The number of pyridine rings is 1. The van der Waals surface area contributed by atoms with Gasteiger partial charge in [0.25, 0.3) is 5.91 Å². The second-order valence-electron chi connectivity index (χ2n) is 5.10. The third-order valence-electron chi connectivity index (χ3n) is 3.64. The molecule has 1 amide bonds. The first kappa shape index (κ1) is 17.5. The van der Waals surface area contributed by atoms with Gasteiger partial charge < -0.3 is 15.0 Å². The molecule has 0 bridgehead atoms. The largest absolute Gasteiger partial charge is 0.465 e. The van der Waals surface area contributed by atoms with Gasteiger partial charge in [0.1, 0.15) is 5.82 Å². The molecule has 0 unspecified atom stereocenters. The van der Waals surface area contributed by atoms with Crippen molar-refractivity contribution < 1.29 is 14.3 Å². The molecular formula is C18H21N3O3. The summed E-state index contributed by atoms with van der Waals surface area (Å²) >= 11 is 0. The van der Waals surface area contributed by atoms with Crippen LogP contribution < -0.4 is 5.32 Å². The van der Waals surface area contributed by atoms with Crippen LogP contribution in [0.15, 0.2) is 42.6 Å². The SMILES string of the molecule is CCN(CC)C(=O)c1ccnc(Nc2ccc(C(=O)OC)cc2)c1. The first-order valence-electron chi connectivity index (χ1n) is 7.79. The van der Waals surface area contributed by atoms with E-state index in [0.29, 0.717) is 30.0 Å². The van der Waals surface area contributed by atoms with Gasteiger partial charge in [-0.1, -0.05) is 0 Å². The molecule has 0 aliphatic carbocycles. The Kier molecular flexibility index (Phi) is 5.89. The number of esters is 1. The predicted molar refractivity (Wildman–Crippen MR) is 92.6 cm³/mol. The van der Waals surface area contributed by atoms with E-state index < -0.39 is 0 Å². The van der Waals surface area contributed by atoms with Crippen LogP contribution >= 0.6 is 0 Å². The molecule has 0 saturated carbocycles. The fourth-order valence-electron chi connectivity index (χ4n) is 2.28. The Labute approximate surface area is 141 Å². The molecule has 1 aromatic heterocycles. The average Bonchev–Trinajstić information content (AvgIpc) is 2.63. The average molecular weight is 327 g/mol. The third-order valence-corrected chi connectivity index (χ3v) is 3.64. The Hall–Kier alpha value is -2.89. The first-order chi connectivity index (χ1) is 11.6. The summed E-state index contributed by atoms with van der Waals surface area (Å²) in [5, 5.41) is 3.12. The van der Waals surface area contributed by atoms with Crippen LogP contribution in [0.3, 0.4) is 0 Å². The van der Waals surface area contributed by atoms with E-state index in [1.54, 1.807) is 47.5 Å². The van der Waals surface area contributed by atoms with E-state index in [2.05, 4.69) is 15.0 Å². The summed E-state index contributed by atoms with van der Waals surface area (Å²) in [5.74, 6) is 0.164. The lowest BCUT2D eigenvalue weighted by Gasteiger charge is -2.18. The maximum absolute atomic E-state index is 12.4. The fourth-order valence-corrected chi connectivity index (χ4v) is 2.28. The van der Waals surface area contributed by atoms with Gasteiger partial charge in [0.05, 0.1) is 12.7 Å². The molecule has 0 aliphatic heterocycles. The number of nitrogens with one attached hydrogen (secondary N) is 1. The zero-order chi connectivity index (χ0) is 17.5.